The number of nitrogens with two attached hydrogens (primary N) is 1. The molecule has 0 radical (unpaired) electrons. The number of carbonyl (C=O) groups excluding carboxylic acids is 2. The molecule has 2 amide bonds. The highest BCUT2D eigenvalue weighted by Gasteiger charge is 2.15. The number of hydrogen-bond acceptors (Lipinski definition) is 4. The van der Waals surface area contributed by atoms with Crippen LogP contribution in [0.15, 0.2) is 29.6 Å². The van der Waals surface area contributed by atoms with Gasteiger partial charge in [0.1, 0.15) is 16.6 Å². The van der Waals surface area contributed by atoms with Crippen LogP contribution in [0.25, 0.3) is 0 Å². The van der Waals surface area contributed by atoms with Crippen molar-refractivity contribution in [3.8, 4) is 0 Å². The highest BCUT2D eigenvalue weighted by atomic mass is 32.1. The lowest BCUT2D eigenvalue weighted by molar-refractivity contribution is -0.115. The van der Waals surface area contributed by atoms with Crippen LogP contribution in [0.4, 0.5) is 13.8 Å². The minimum Gasteiger partial charge on any atom is -0.366 e. The molecule has 4 N–H and O–H groups in total. The van der Waals surface area contributed by atoms with Crippen molar-refractivity contribution in [2.45, 2.75) is 13.0 Å². The number of amides is 2. The fraction of sp³-hybridized carbons (Fsp3) is 0.200. The number of anilines is 1. The number of hydrogen-bond donors (Lipinski definition) is 3. The maximum atomic E-state index is 13.6. The molecule has 0 saturated carbocycles. The standard InChI is InChI=1S/C15H15F2N3O2S/c1-8(10-3-2-9(16)6-12(10)17)19-7-13(21)20-15-11(14(18)22)4-5-23-15/h2-6,8,19H,7H2,1H3,(H2,18,22)(H,20,21)/t8-/m1/s1. The minimum absolute atomic E-state index is 0.103. The summed E-state index contributed by atoms with van der Waals surface area (Å²) in [6, 6.07) is 4.30. The highest BCUT2D eigenvalue weighted by molar-refractivity contribution is 7.14. The minimum atomic E-state index is -0.681. The van der Waals surface area contributed by atoms with Crippen molar-refractivity contribution in [2.24, 2.45) is 5.73 Å². The number of halogens is 2. The third kappa shape index (κ3) is 4.33. The zero-order valence-electron chi connectivity index (χ0n) is 12.2. The molecule has 5 nitrogen and oxygen atoms in total. The lowest BCUT2D eigenvalue weighted by Gasteiger charge is -2.15. The molecule has 8 heteroatoms. The number of benzene rings is 1. The van der Waals surface area contributed by atoms with Crippen molar-refractivity contribution in [1.29, 1.82) is 0 Å². The van der Waals surface area contributed by atoms with E-state index in [2.05, 4.69) is 10.6 Å². The smallest absolute Gasteiger partial charge is 0.251 e. The topological polar surface area (TPSA) is 84.2 Å². The Kier molecular flexibility index (Phi) is 5.41. The van der Waals surface area contributed by atoms with Crippen LogP contribution in [0.5, 0.6) is 0 Å². The van der Waals surface area contributed by atoms with Gasteiger partial charge in [-0.25, -0.2) is 8.78 Å². The monoisotopic (exact) mass is 339 g/mol. The lowest BCUT2D eigenvalue weighted by atomic mass is 10.1. The van der Waals surface area contributed by atoms with Crippen molar-refractivity contribution in [3.63, 3.8) is 0 Å². The van der Waals surface area contributed by atoms with Gasteiger partial charge in [-0.05, 0) is 24.4 Å². The van der Waals surface area contributed by atoms with Crippen LogP contribution in [0.3, 0.4) is 0 Å². The van der Waals surface area contributed by atoms with Crippen molar-refractivity contribution in [3.05, 3.63) is 52.4 Å². The quantitative estimate of drug-likeness (QED) is 0.756. The largest absolute Gasteiger partial charge is 0.366 e. The van der Waals surface area contributed by atoms with Crippen molar-refractivity contribution >= 4 is 28.2 Å². The molecule has 1 heterocycles. The van der Waals surface area contributed by atoms with Crippen LogP contribution in [-0.2, 0) is 4.79 Å². The van der Waals surface area contributed by atoms with E-state index in [-0.39, 0.29) is 17.7 Å². The van der Waals surface area contributed by atoms with Crippen molar-refractivity contribution in [2.75, 3.05) is 11.9 Å². The van der Waals surface area contributed by atoms with Gasteiger partial charge < -0.3 is 16.4 Å². The van der Waals surface area contributed by atoms with Gasteiger partial charge in [0.05, 0.1) is 12.1 Å². The normalized spacial score (nSPS) is 12.0. The number of carbonyl (C=O) groups is 2. The van der Waals surface area contributed by atoms with Crippen LogP contribution in [0.1, 0.15) is 28.9 Å². The van der Waals surface area contributed by atoms with E-state index in [1.807, 2.05) is 0 Å². The Morgan fingerprint density at radius 3 is 2.70 bits per heavy atom. The summed E-state index contributed by atoms with van der Waals surface area (Å²) in [4.78, 5) is 23.1. The van der Waals surface area contributed by atoms with Gasteiger partial charge in [-0.3, -0.25) is 9.59 Å². The molecule has 0 spiro atoms. The van der Waals surface area contributed by atoms with E-state index in [0.717, 1.165) is 12.1 Å². The first-order chi connectivity index (χ1) is 10.9. The van der Waals surface area contributed by atoms with Crippen molar-refractivity contribution in [1.82, 2.24) is 5.32 Å². The average molecular weight is 339 g/mol. The van der Waals surface area contributed by atoms with Gasteiger partial charge in [0, 0.05) is 17.7 Å². The van der Waals surface area contributed by atoms with Gasteiger partial charge in [-0.15, -0.1) is 11.3 Å². The zero-order chi connectivity index (χ0) is 17.0. The molecule has 0 bridgehead atoms. The van der Waals surface area contributed by atoms with E-state index in [4.69, 9.17) is 5.73 Å². The Bertz CT molecular complexity index is 733. The van der Waals surface area contributed by atoms with Gasteiger partial charge in [0.15, 0.2) is 0 Å². The Morgan fingerprint density at radius 1 is 1.30 bits per heavy atom. The Hall–Kier alpha value is -2.32. The van der Waals surface area contributed by atoms with Crippen LogP contribution < -0.4 is 16.4 Å². The van der Waals surface area contributed by atoms with Crippen LogP contribution >= 0.6 is 11.3 Å². The molecule has 2 aromatic rings. The predicted octanol–water partition coefficient (Wildman–Crippen LogP) is 2.41. The molecule has 0 aliphatic heterocycles. The molecule has 1 aromatic carbocycles. The van der Waals surface area contributed by atoms with Gasteiger partial charge in [0.2, 0.25) is 5.91 Å². The first-order valence-electron chi connectivity index (χ1n) is 6.74. The summed E-state index contributed by atoms with van der Waals surface area (Å²) < 4.78 is 26.5. The first-order valence-corrected chi connectivity index (χ1v) is 7.62. The van der Waals surface area contributed by atoms with E-state index >= 15 is 0 Å². The van der Waals surface area contributed by atoms with E-state index in [0.29, 0.717) is 5.00 Å². The SMILES string of the molecule is C[C@@H](NCC(=O)Nc1sccc1C(N)=O)c1ccc(F)cc1F. The first kappa shape index (κ1) is 17.0. The zero-order valence-corrected chi connectivity index (χ0v) is 13.0. The van der Waals surface area contributed by atoms with Gasteiger partial charge in [-0.2, -0.15) is 0 Å². The lowest BCUT2D eigenvalue weighted by Crippen LogP contribution is -2.30. The molecule has 0 saturated heterocycles. The second-order valence-corrected chi connectivity index (χ2v) is 5.76. The molecule has 1 atom stereocenters. The summed E-state index contributed by atoms with van der Waals surface area (Å²) in [6.07, 6.45) is 0. The fourth-order valence-corrected chi connectivity index (χ4v) is 2.79. The van der Waals surface area contributed by atoms with Gasteiger partial charge in [0.25, 0.3) is 5.91 Å². The van der Waals surface area contributed by atoms with E-state index < -0.39 is 29.5 Å². The number of rotatable bonds is 6. The molecule has 122 valence electrons. The van der Waals surface area contributed by atoms with Crippen LogP contribution in [-0.4, -0.2) is 18.4 Å². The van der Waals surface area contributed by atoms with Crippen molar-refractivity contribution < 1.29 is 18.4 Å². The summed E-state index contributed by atoms with van der Waals surface area (Å²) in [5, 5.41) is 7.40. The number of primary amides is 1. The molecule has 0 fully saturated rings. The molecule has 0 aliphatic carbocycles. The Morgan fingerprint density at radius 2 is 2.04 bits per heavy atom. The number of nitrogens with one attached hydrogen (secondary N) is 2. The molecule has 23 heavy (non-hydrogen) atoms. The number of thiophene rings is 1. The van der Waals surface area contributed by atoms with Crippen LogP contribution in [0, 0.1) is 11.6 Å². The molecular weight excluding hydrogens is 324 g/mol. The second kappa shape index (κ2) is 7.30. The maximum absolute atomic E-state index is 13.6. The molecule has 2 rings (SSSR count). The molecular formula is C15H15F2N3O2S. The summed E-state index contributed by atoms with van der Waals surface area (Å²) in [5.41, 5.74) is 5.68. The third-order valence-corrected chi connectivity index (χ3v) is 4.01. The summed E-state index contributed by atoms with van der Waals surface area (Å²) in [6.45, 7) is 1.55. The average Bonchev–Trinajstić information content (AvgIpc) is 2.93. The Labute approximate surface area is 135 Å². The molecule has 1 aromatic heterocycles. The second-order valence-electron chi connectivity index (χ2n) is 4.84. The fourth-order valence-electron chi connectivity index (χ4n) is 1.98. The van der Waals surface area contributed by atoms with Gasteiger partial charge in [-0.1, -0.05) is 6.07 Å². The summed E-state index contributed by atoms with van der Waals surface area (Å²) in [7, 11) is 0. The van der Waals surface area contributed by atoms with Gasteiger partial charge >= 0.3 is 0 Å². The maximum Gasteiger partial charge on any atom is 0.251 e. The summed E-state index contributed by atoms with van der Waals surface area (Å²) in [5.74, 6) is -2.37. The predicted molar refractivity (Wildman–Crippen MR) is 84.2 cm³/mol. The van der Waals surface area contributed by atoms with E-state index in [1.54, 1.807) is 12.3 Å². The van der Waals surface area contributed by atoms with E-state index in [1.165, 1.54) is 23.5 Å². The highest BCUT2D eigenvalue weighted by Crippen LogP contribution is 2.22. The van der Waals surface area contributed by atoms with E-state index in [9.17, 15) is 18.4 Å². The molecule has 0 aliphatic rings. The third-order valence-electron chi connectivity index (χ3n) is 3.18. The molecule has 0 unspecified atom stereocenters. The Balaban J connectivity index is 1.93. The summed E-state index contributed by atoms with van der Waals surface area (Å²) >= 11 is 1.18. The van der Waals surface area contributed by atoms with Crippen LogP contribution in [0.2, 0.25) is 0 Å².